The van der Waals surface area contributed by atoms with Gasteiger partial charge in [-0.1, -0.05) is 17.7 Å². The number of aliphatic hydroxyl groups is 1. The van der Waals surface area contributed by atoms with Gasteiger partial charge < -0.3 is 9.84 Å². The first kappa shape index (κ1) is 15.5. The summed E-state index contributed by atoms with van der Waals surface area (Å²) >= 11 is 0. The Bertz CT molecular complexity index is 625. The largest absolute Gasteiger partial charge is 0.488 e. The van der Waals surface area contributed by atoms with Gasteiger partial charge in [0.1, 0.15) is 18.2 Å². The van der Waals surface area contributed by atoms with E-state index in [9.17, 15) is 9.50 Å². The van der Waals surface area contributed by atoms with E-state index in [0.29, 0.717) is 17.9 Å². The Hall–Kier alpha value is -1.87. The molecule has 0 amide bonds. The van der Waals surface area contributed by atoms with Crippen LogP contribution in [0.4, 0.5) is 4.39 Å². The molecule has 0 radical (unpaired) electrons. The molecule has 2 nitrogen and oxygen atoms in total. The van der Waals surface area contributed by atoms with Crippen LogP contribution in [-0.2, 0) is 6.61 Å². The lowest BCUT2D eigenvalue weighted by Gasteiger charge is -2.16. The van der Waals surface area contributed by atoms with E-state index >= 15 is 0 Å². The lowest BCUT2D eigenvalue weighted by Crippen LogP contribution is -2.04. The van der Waals surface area contributed by atoms with E-state index in [1.165, 1.54) is 28.8 Å². The molecule has 21 heavy (non-hydrogen) atoms. The summed E-state index contributed by atoms with van der Waals surface area (Å²) in [7, 11) is 0. The van der Waals surface area contributed by atoms with Crippen molar-refractivity contribution in [1.82, 2.24) is 0 Å². The van der Waals surface area contributed by atoms with Crippen molar-refractivity contribution in [3.05, 3.63) is 64.0 Å². The summed E-state index contributed by atoms with van der Waals surface area (Å²) in [6.45, 7) is 8.18. The van der Waals surface area contributed by atoms with Crippen molar-refractivity contribution in [2.45, 2.75) is 40.4 Å². The predicted octanol–water partition coefficient (Wildman–Crippen LogP) is 4.38. The highest BCUT2D eigenvalue weighted by Gasteiger charge is 2.12. The van der Waals surface area contributed by atoms with Crippen molar-refractivity contribution in [2.24, 2.45) is 0 Å². The first-order valence-electron chi connectivity index (χ1n) is 7.05. The van der Waals surface area contributed by atoms with E-state index in [1.807, 2.05) is 0 Å². The van der Waals surface area contributed by atoms with E-state index in [1.54, 1.807) is 13.0 Å². The van der Waals surface area contributed by atoms with Crippen LogP contribution in [0.25, 0.3) is 0 Å². The number of hydrogen-bond donors (Lipinski definition) is 1. The Morgan fingerprint density at radius 3 is 2.29 bits per heavy atom. The highest BCUT2D eigenvalue weighted by Crippen LogP contribution is 2.27. The fraction of sp³-hybridized carbons (Fsp3) is 0.333. The molecule has 0 aromatic heterocycles. The zero-order chi connectivity index (χ0) is 15.6. The predicted molar refractivity (Wildman–Crippen MR) is 82.0 cm³/mol. The molecule has 1 atom stereocenters. The van der Waals surface area contributed by atoms with E-state index in [-0.39, 0.29) is 5.82 Å². The third-order valence-corrected chi connectivity index (χ3v) is 3.63. The van der Waals surface area contributed by atoms with Crippen LogP contribution in [0.15, 0.2) is 30.3 Å². The van der Waals surface area contributed by atoms with Gasteiger partial charge in [-0.05, 0) is 62.6 Å². The standard InChI is InChI=1S/C18H21FO2/c1-11-7-12(2)17(13(3)8-11)10-21-18-6-5-15(19)9-16(18)14(4)20/h5-9,14,20H,10H2,1-4H3/t14-/m0/s1. The summed E-state index contributed by atoms with van der Waals surface area (Å²) in [4.78, 5) is 0. The molecule has 0 unspecified atom stereocenters. The summed E-state index contributed by atoms with van der Waals surface area (Å²) in [6.07, 6.45) is -0.768. The molecule has 0 aliphatic heterocycles. The maximum Gasteiger partial charge on any atom is 0.125 e. The molecule has 0 saturated heterocycles. The maximum absolute atomic E-state index is 13.3. The van der Waals surface area contributed by atoms with Crippen LogP contribution < -0.4 is 4.74 Å². The highest BCUT2D eigenvalue weighted by molar-refractivity contribution is 5.39. The lowest BCUT2D eigenvalue weighted by atomic mass is 10.0. The normalized spacial score (nSPS) is 12.3. The molecule has 112 valence electrons. The van der Waals surface area contributed by atoms with Gasteiger partial charge in [0.2, 0.25) is 0 Å². The van der Waals surface area contributed by atoms with Crippen molar-refractivity contribution in [1.29, 1.82) is 0 Å². The van der Waals surface area contributed by atoms with Gasteiger partial charge in [0.05, 0.1) is 6.10 Å². The Morgan fingerprint density at radius 2 is 1.71 bits per heavy atom. The maximum atomic E-state index is 13.3. The average molecular weight is 288 g/mol. The molecule has 0 aliphatic rings. The number of ether oxygens (including phenoxy) is 1. The third-order valence-electron chi connectivity index (χ3n) is 3.63. The summed E-state index contributed by atoms with van der Waals surface area (Å²) in [5.41, 5.74) is 5.17. The molecule has 0 spiro atoms. The quantitative estimate of drug-likeness (QED) is 0.904. The number of halogens is 1. The molecule has 0 aliphatic carbocycles. The number of rotatable bonds is 4. The lowest BCUT2D eigenvalue weighted by molar-refractivity contribution is 0.189. The zero-order valence-electron chi connectivity index (χ0n) is 12.9. The molecule has 0 saturated carbocycles. The number of aliphatic hydroxyl groups excluding tert-OH is 1. The van der Waals surface area contributed by atoms with E-state index in [4.69, 9.17) is 4.74 Å². The second-order valence-electron chi connectivity index (χ2n) is 5.52. The fourth-order valence-electron chi connectivity index (χ4n) is 2.56. The first-order chi connectivity index (χ1) is 9.88. The Morgan fingerprint density at radius 1 is 1.10 bits per heavy atom. The van der Waals surface area contributed by atoms with Crippen molar-refractivity contribution in [3.8, 4) is 5.75 Å². The van der Waals surface area contributed by atoms with Crippen molar-refractivity contribution >= 4 is 0 Å². The molecule has 3 heteroatoms. The van der Waals surface area contributed by atoms with Gasteiger partial charge in [-0.25, -0.2) is 4.39 Å². The summed E-state index contributed by atoms with van der Waals surface area (Å²) in [6, 6.07) is 8.46. The SMILES string of the molecule is Cc1cc(C)c(COc2ccc(F)cc2[C@H](C)O)c(C)c1. The van der Waals surface area contributed by atoms with Crippen LogP contribution in [-0.4, -0.2) is 5.11 Å². The molecule has 0 fully saturated rings. The number of aryl methyl sites for hydroxylation is 3. The Labute approximate surface area is 125 Å². The topological polar surface area (TPSA) is 29.5 Å². The van der Waals surface area contributed by atoms with Crippen LogP contribution in [0.3, 0.4) is 0 Å². The molecular formula is C18H21FO2. The van der Waals surface area contributed by atoms with Crippen LogP contribution in [0.1, 0.15) is 40.8 Å². The van der Waals surface area contributed by atoms with Crippen LogP contribution >= 0.6 is 0 Å². The number of benzene rings is 2. The molecule has 0 heterocycles. The third kappa shape index (κ3) is 3.61. The fourth-order valence-corrected chi connectivity index (χ4v) is 2.56. The van der Waals surface area contributed by atoms with Crippen LogP contribution in [0.5, 0.6) is 5.75 Å². The molecule has 2 aromatic carbocycles. The Balaban J connectivity index is 2.25. The summed E-state index contributed by atoms with van der Waals surface area (Å²) in [5.74, 6) is 0.145. The van der Waals surface area contributed by atoms with E-state index in [0.717, 1.165) is 5.56 Å². The van der Waals surface area contributed by atoms with Gasteiger partial charge in [-0.15, -0.1) is 0 Å². The van der Waals surface area contributed by atoms with Crippen molar-refractivity contribution in [2.75, 3.05) is 0 Å². The summed E-state index contributed by atoms with van der Waals surface area (Å²) < 4.78 is 19.1. The monoisotopic (exact) mass is 288 g/mol. The molecule has 2 rings (SSSR count). The minimum absolute atomic E-state index is 0.374. The van der Waals surface area contributed by atoms with E-state index in [2.05, 4.69) is 32.9 Å². The van der Waals surface area contributed by atoms with Crippen molar-refractivity contribution in [3.63, 3.8) is 0 Å². The second kappa shape index (κ2) is 6.27. The zero-order valence-corrected chi connectivity index (χ0v) is 12.9. The summed E-state index contributed by atoms with van der Waals surface area (Å²) in [5, 5.41) is 9.73. The van der Waals surface area contributed by atoms with Gasteiger partial charge >= 0.3 is 0 Å². The minimum atomic E-state index is -0.768. The Kier molecular flexibility index (Phi) is 4.63. The van der Waals surface area contributed by atoms with Crippen LogP contribution in [0, 0.1) is 26.6 Å². The van der Waals surface area contributed by atoms with Gasteiger partial charge in [-0.2, -0.15) is 0 Å². The van der Waals surface area contributed by atoms with Crippen molar-refractivity contribution < 1.29 is 14.2 Å². The van der Waals surface area contributed by atoms with Gasteiger partial charge in [0.15, 0.2) is 0 Å². The van der Waals surface area contributed by atoms with Gasteiger partial charge in [0.25, 0.3) is 0 Å². The molecule has 2 aromatic rings. The smallest absolute Gasteiger partial charge is 0.125 e. The van der Waals surface area contributed by atoms with Crippen LogP contribution in [0.2, 0.25) is 0 Å². The van der Waals surface area contributed by atoms with E-state index < -0.39 is 6.10 Å². The minimum Gasteiger partial charge on any atom is -0.488 e. The number of hydrogen-bond acceptors (Lipinski definition) is 2. The second-order valence-corrected chi connectivity index (χ2v) is 5.52. The van der Waals surface area contributed by atoms with Gasteiger partial charge in [0, 0.05) is 5.56 Å². The molecule has 1 N–H and O–H groups in total. The molecule has 0 bridgehead atoms. The van der Waals surface area contributed by atoms with Gasteiger partial charge in [-0.3, -0.25) is 0 Å². The average Bonchev–Trinajstić information content (AvgIpc) is 2.38. The molecular weight excluding hydrogens is 267 g/mol. The first-order valence-corrected chi connectivity index (χ1v) is 7.05. The highest BCUT2D eigenvalue weighted by atomic mass is 19.1.